The molecule has 0 fully saturated rings. The molecule has 0 spiro atoms. The van der Waals surface area contributed by atoms with Crippen LogP contribution in [0.15, 0.2) is 10.2 Å². The summed E-state index contributed by atoms with van der Waals surface area (Å²) in [6.45, 7) is 1.56. The molecule has 0 bridgehead atoms. The van der Waals surface area contributed by atoms with Gasteiger partial charge >= 0.3 is 12.1 Å². The molecule has 0 aromatic heterocycles. The molecule has 0 atom stereocenters. The van der Waals surface area contributed by atoms with Gasteiger partial charge in [-0.2, -0.15) is 0 Å². The van der Waals surface area contributed by atoms with E-state index in [4.69, 9.17) is 0 Å². The molecule has 45 valence electrons. The molecule has 9 heavy (non-hydrogen) atoms. The van der Waals surface area contributed by atoms with E-state index in [2.05, 4.69) is 10.2 Å². The molecule has 0 unspecified atom stereocenters. The number of nitrogens with zero attached hydrogens (tertiary/aromatic N) is 3. The van der Waals surface area contributed by atoms with E-state index in [1.807, 2.05) is 0 Å². The zero-order valence-electron chi connectivity index (χ0n) is 4.74. The summed E-state index contributed by atoms with van der Waals surface area (Å²) in [6.07, 6.45) is 0. The molecule has 1 aliphatic rings. The molecule has 1 aliphatic heterocycles. The Balaban J connectivity index is 2.75. The Morgan fingerprint density at radius 3 is 2.00 bits per heavy atom. The summed E-state index contributed by atoms with van der Waals surface area (Å²) >= 11 is 0. The summed E-state index contributed by atoms with van der Waals surface area (Å²) in [7, 11) is 1.32. The number of hydrogen-bond donors (Lipinski definition) is 0. The van der Waals surface area contributed by atoms with Gasteiger partial charge in [0.1, 0.15) is 0 Å². The normalized spacial score (nSPS) is 17.2. The number of azo groups is 1. The molecule has 0 aliphatic carbocycles. The van der Waals surface area contributed by atoms with Crippen molar-refractivity contribution in [2.75, 3.05) is 0 Å². The number of imide groups is 1. The van der Waals surface area contributed by atoms with Gasteiger partial charge in [-0.3, -0.25) is 4.81 Å². The maximum absolute atomic E-state index is 10.4. The highest BCUT2D eigenvalue weighted by atomic mass is 16.2. The number of rotatable bonds is 1. The molecule has 4 amide bonds. The zero-order chi connectivity index (χ0) is 6.85. The molecule has 1 rings (SSSR count). The van der Waals surface area contributed by atoms with E-state index >= 15 is 0 Å². The Kier molecular flexibility index (Phi) is 1.29. The third-order valence-corrected chi connectivity index (χ3v) is 0.891. The topological polar surface area (TPSA) is 62.1 Å². The van der Waals surface area contributed by atoms with Crippen LogP contribution in [0.4, 0.5) is 9.59 Å². The molecule has 1 heterocycles. The van der Waals surface area contributed by atoms with Crippen LogP contribution in [0, 0.1) is 0 Å². The van der Waals surface area contributed by atoms with Crippen molar-refractivity contribution in [1.82, 2.24) is 4.81 Å². The van der Waals surface area contributed by atoms with Crippen LogP contribution in [0.25, 0.3) is 0 Å². The monoisotopic (exact) mass is 124 g/mol. The summed E-state index contributed by atoms with van der Waals surface area (Å²) in [5.74, 6) is 0. The second-order valence-corrected chi connectivity index (χ2v) is 1.39. The van der Waals surface area contributed by atoms with Gasteiger partial charge in [0.15, 0.2) is 0 Å². The van der Waals surface area contributed by atoms with Crippen LogP contribution >= 0.6 is 0 Å². The van der Waals surface area contributed by atoms with Gasteiger partial charge in [0, 0.05) is 0 Å². The lowest BCUT2D eigenvalue weighted by atomic mass is 9.97. The van der Waals surface area contributed by atoms with Crippen LogP contribution in [0.3, 0.4) is 0 Å². The minimum absolute atomic E-state index is 0.623. The lowest BCUT2D eigenvalue weighted by Crippen LogP contribution is -2.29. The number of urea groups is 2. The predicted octanol–water partition coefficient (Wildman–Crippen LogP) is 0.661. The molecule has 1 radical (unpaired) electrons. The summed E-state index contributed by atoms with van der Waals surface area (Å²) in [5, 5.41) is 6.00. The van der Waals surface area contributed by atoms with Crippen molar-refractivity contribution in [3.8, 4) is 0 Å². The fourth-order valence-electron chi connectivity index (χ4n) is 0.485. The highest BCUT2D eigenvalue weighted by molar-refractivity contribution is 6.41. The Morgan fingerprint density at radius 1 is 1.33 bits per heavy atom. The van der Waals surface area contributed by atoms with E-state index in [1.165, 1.54) is 7.41 Å². The van der Waals surface area contributed by atoms with Gasteiger partial charge in [-0.05, 0) is 0 Å². The highest BCUT2D eigenvalue weighted by Crippen LogP contribution is 2.03. The molecule has 0 aromatic carbocycles. The number of carbonyl (C=O) groups is 2. The van der Waals surface area contributed by atoms with Gasteiger partial charge in [-0.1, -0.05) is 17.1 Å². The Bertz CT molecular complexity index is 171. The van der Waals surface area contributed by atoms with Gasteiger partial charge in [-0.15, -0.1) is 0 Å². The summed E-state index contributed by atoms with van der Waals surface area (Å²) in [5.41, 5.74) is 0. The van der Waals surface area contributed by atoms with Gasteiger partial charge in [0.2, 0.25) is 0 Å². The van der Waals surface area contributed by atoms with Crippen molar-refractivity contribution < 1.29 is 9.59 Å². The van der Waals surface area contributed by atoms with E-state index < -0.39 is 12.1 Å². The Morgan fingerprint density at radius 2 is 1.78 bits per heavy atom. The van der Waals surface area contributed by atoms with Gasteiger partial charge in [0.25, 0.3) is 7.41 Å². The standard InChI is InChI=1S/C3H3BN3O2/c1-4-7-2(8)5-6-3(7)9/h1H3. The Labute approximate surface area is 52.0 Å². The van der Waals surface area contributed by atoms with Crippen LogP contribution < -0.4 is 0 Å². The quantitative estimate of drug-likeness (QED) is 0.482. The predicted molar refractivity (Wildman–Crippen MR) is 29.1 cm³/mol. The second-order valence-electron chi connectivity index (χ2n) is 1.39. The van der Waals surface area contributed by atoms with E-state index in [9.17, 15) is 9.59 Å². The first-order chi connectivity index (χ1) is 4.25. The van der Waals surface area contributed by atoms with Crippen molar-refractivity contribution in [3.05, 3.63) is 0 Å². The fourth-order valence-corrected chi connectivity index (χ4v) is 0.485. The van der Waals surface area contributed by atoms with E-state index in [1.54, 1.807) is 6.82 Å². The summed E-state index contributed by atoms with van der Waals surface area (Å²) < 4.78 is 0. The van der Waals surface area contributed by atoms with Crippen molar-refractivity contribution in [2.45, 2.75) is 6.82 Å². The summed E-state index contributed by atoms with van der Waals surface area (Å²) in [4.78, 5) is 21.7. The van der Waals surface area contributed by atoms with Crippen molar-refractivity contribution in [2.24, 2.45) is 10.2 Å². The smallest absolute Gasteiger partial charge is 0.292 e. The maximum Gasteiger partial charge on any atom is 0.357 e. The maximum atomic E-state index is 10.4. The van der Waals surface area contributed by atoms with Crippen LogP contribution in [0.1, 0.15) is 0 Å². The Hall–Kier alpha value is -1.20. The van der Waals surface area contributed by atoms with Crippen LogP contribution in [-0.2, 0) is 0 Å². The van der Waals surface area contributed by atoms with Crippen LogP contribution in [0.5, 0.6) is 0 Å². The molecule has 0 saturated carbocycles. The molecule has 6 heteroatoms. The number of carbonyl (C=O) groups excluding carboxylic acids is 2. The first-order valence-corrected chi connectivity index (χ1v) is 2.34. The highest BCUT2D eigenvalue weighted by Gasteiger charge is 2.24. The third kappa shape index (κ3) is 0.824. The van der Waals surface area contributed by atoms with Crippen LogP contribution in [-0.4, -0.2) is 24.3 Å². The van der Waals surface area contributed by atoms with Crippen molar-refractivity contribution >= 4 is 19.5 Å². The van der Waals surface area contributed by atoms with Crippen molar-refractivity contribution in [1.29, 1.82) is 0 Å². The zero-order valence-corrected chi connectivity index (χ0v) is 4.74. The van der Waals surface area contributed by atoms with E-state index in [0.717, 1.165) is 4.81 Å². The molecule has 0 N–H and O–H groups in total. The molecule has 0 saturated heterocycles. The van der Waals surface area contributed by atoms with Gasteiger partial charge < -0.3 is 0 Å². The van der Waals surface area contributed by atoms with E-state index in [-0.39, 0.29) is 0 Å². The molecular weight excluding hydrogens is 121 g/mol. The largest absolute Gasteiger partial charge is 0.357 e. The van der Waals surface area contributed by atoms with Gasteiger partial charge in [0.05, 0.1) is 0 Å². The van der Waals surface area contributed by atoms with Crippen LogP contribution in [0.2, 0.25) is 6.82 Å². The summed E-state index contributed by atoms with van der Waals surface area (Å²) in [6, 6.07) is -1.25. The molecule has 0 aromatic rings. The molecule has 5 nitrogen and oxygen atoms in total. The first kappa shape index (κ1) is 5.93. The average molecular weight is 124 g/mol. The molecular formula is C3H3BN3O2. The van der Waals surface area contributed by atoms with E-state index in [0.29, 0.717) is 0 Å². The van der Waals surface area contributed by atoms with Gasteiger partial charge in [-0.25, -0.2) is 9.59 Å². The first-order valence-electron chi connectivity index (χ1n) is 2.34. The minimum atomic E-state index is -0.623. The average Bonchev–Trinajstić information content (AvgIpc) is 2.12. The van der Waals surface area contributed by atoms with Crippen molar-refractivity contribution in [3.63, 3.8) is 0 Å². The number of hydrogen-bond acceptors (Lipinski definition) is 2. The lowest BCUT2D eigenvalue weighted by molar-refractivity contribution is 0.225. The minimum Gasteiger partial charge on any atom is -0.292 e. The lowest BCUT2D eigenvalue weighted by Gasteiger charge is -2.02. The SMILES string of the molecule is C[B]N1C(=O)N=NC1=O. The third-order valence-electron chi connectivity index (χ3n) is 0.891. The second kappa shape index (κ2) is 1.96. The number of amides is 4. The fraction of sp³-hybridized carbons (Fsp3) is 0.333.